The molecule has 1 saturated carbocycles. The monoisotopic (exact) mass is 282 g/mol. The number of aliphatic carboxylic acids is 1. The molecule has 0 aromatic heterocycles. The molecule has 0 aromatic carbocycles. The highest BCUT2D eigenvalue weighted by Crippen LogP contribution is 2.26. The molecule has 2 unspecified atom stereocenters. The highest BCUT2D eigenvalue weighted by atomic mass is 16.4. The summed E-state index contributed by atoms with van der Waals surface area (Å²) < 4.78 is 0. The first-order chi connectivity index (χ1) is 9.67. The quantitative estimate of drug-likeness (QED) is 0.717. The molecule has 2 aliphatic rings. The van der Waals surface area contributed by atoms with E-state index in [0.29, 0.717) is 12.6 Å². The van der Waals surface area contributed by atoms with Crippen molar-refractivity contribution in [3.8, 4) is 0 Å². The van der Waals surface area contributed by atoms with Crippen molar-refractivity contribution in [2.45, 2.75) is 57.9 Å². The van der Waals surface area contributed by atoms with Gasteiger partial charge in [0, 0.05) is 25.7 Å². The van der Waals surface area contributed by atoms with Crippen molar-refractivity contribution in [3.05, 3.63) is 0 Å². The number of nitrogens with zero attached hydrogens (tertiary/aromatic N) is 1. The second-order valence-electron chi connectivity index (χ2n) is 6.70. The molecule has 20 heavy (non-hydrogen) atoms. The van der Waals surface area contributed by atoms with Gasteiger partial charge in [-0.05, 0) is 44.1 Å². The largest absolute Gasteiger partial charge is 0.481 e. The van der Waals surface area contributed by atoms with Crippen LogP contribution < -0.4 is 5.32 Å². The Hall–Kier alpha value is -0.610. The van der Waals surface area contributed by atoms with Gasteiger partial charge in [-0.15, -0.1) is 0 Å². The van der Waals surface area contributed by atoms with Crippen molar-refractivity contribution in [1.82, 2.24) is 10.2 Å². The van der Waals surface area contributed by atoms with Crippen molar-refractivity contribution in [2.24, 2.45) is 11.8 Å². The molecule has 4 heteroatoms. The van der Waals surface area contributed by atoms with Crippen LogP contribution in [0.4, 0.5) is 0 Å². The molecular formula is C16H30N2O2. The molecule has 1 saturated heterocycles. The van der Waals surface area contributed by atoms with E-state index in [9.17, 15) is 4.79 Å². The maximum atomic E-state index is 10.7. The fraction of sp³-hybridized carbons (Fsp3) is 0.938. The Bertz CT molecular complexity index is 305. The number of hydrogen-bond donors (Lipinski definition) is 2. The number of likely N-dealkylation sites (tertiary alicyclic amines) is 1. The van der Waals surface area contributed by atoms with Gasteiger partial charge < -0.3 is 15.3 Å². The Morgan fingerprint density at radius 1 is 1.30 bits per heavy atom. The van der Waals surface area contributed by atoms with Gasteiger partial charge in [0.2, 0.25) is 0 Å². The first-order valence-electron chi connectivity index (χ1n) is 8.35. The standard InChI is InChI=1S/C16H30N2O2/c1-2-4-14-9-15(17-10-13-5-3-6-13)12-18(11-14)8-7-16(19)20/h13-15,17H,2-12H2,1H3,(H,19,20). The summed E-state index contributed by atoms with van der Waals surface area (Å²) in [4.78, 5) is 13.1. The molecule has 4 nitrogen and oxygen atoms in total. The summed E-state index contributed by atoms with van der Waals surface area (Å²) in [6.07, 6.45) is 8.22. The lowest BCUT2D eigenvalue weighted by atomic mass is 9.84. The SMILES string of the molecule is CCCC1CC(NCC2CCC2)CN(CCC(=O)O)C1. The maximum absolute atomic E-state index is 10.7. The van der Waals surface area contributed by atoms with Gasteiger partial charge >= 0.3 is 5.97 Å². The predicted molar refractivity (Wildman–Crippen MR) is 80.8 cm³/mol. The molecule has 0 bridgehead atoms. The second-order valence-corrected chi connectivity index (χ2v) is 6.70. The summed E-state index contributed by atoms with van der Waals surface area (Å²) >= 11 is 0. The zero-order chi connectivity index (χ0) is 14.4. The Balaban J connectivity index is 1.77. The first-order valence-corrected chi connectivity index (χ1v) is 8.35. The number of rotatable bonds is 8. The van der Waals surface area contributed by atoms with E-state index in [0.717, 1.165) is 31.5 Å². The lowest BCUT2D eigenvalue weighted by Gasteiger charge is -2.39. The molecule has 116 valence electrons. The zero-order valence-electron chi connectivity index (χ0n) is 12.8. The van der Waals surface area contributed by atoms with Gasteiger partial charge in [0.05, 0.1) is 6.42 Å². The van der Waals surface area contributed by atoms with Crippen LogP contribution in [0.5, 0.6) is 0 Å². The molecule has 2 rings (SSSR count). The molecule has 2 fully saturated rings. The molecule has 0 amide bonds. The molecular weight excluding hydrogens is 252 g/mol. The summed E-state index contributed by atoms with van der Waals surface area (Å²) in [5.74, 6) is 0.956. The van der Waals surface area contributed by atoms with Gasteiger partial charge in [-0.25, -0.2) is 0 Å². The third-order valence-corrected chi connectivity index (χ3v) is 4.87. The van der Waals surface area contributed by atoms with Gasteiger partial charge in [0.1, 0.15) is 0 Å². The smallest absolute Gasteiger partial charge is 0.304 e. The average Bonchev–Trinajstić information content (AvgIpc) is 2.35. The molecule has 1 aliphatic heterocycles. The third-order valence-electron chi connectivity index (χ3n) is 4.87. The third kappa shape index (κ3) is 5.06. The summed E-state index contributed by atoms with van der Waals surface area (Å²) in [7, 11) is 0. The molecule has 1 heterocycles. The van der Waals surface area contributed by atoms with Crippen LogP contribution in [-0.4, -0.2) is 48.2 Å². The number of piperidine rings is 1. The van der Waals surface area contributed by atoms with E-state index in [2.05, 4.69) is 17.1 Å². The van der Waals surface area contributed by atoms with Gasteiger partial charge in [-0.2, -0.15) is 0 Å². The maximum Gasteiger partial charge on any atom is 0.304 e. The van der Waals surface area contributed by atoms with Gasteiger partial charge in [-0.1, -0.05) is 19.8 Å². The predicted octanol–water partition coefficient (Wildman–Crippen LogP) is 2.34. The number of nitrogens with one attached hydrogen (secondary N) is 1. The molecule has 0 radical (unpaired) electrons. The average molecular weight is 282 g/mol. The Labute approximate surface area is 122 Å². The zero-order valence-corrected chi connectivity index (χ0v) is 12.8. The van der Waals surface area contributed by atoms with Crippen molar-refractivity contribution in [3.63, 3.8) is 0 Å². The Kier molecular flexibility index (Phi) is 6.30. The second kappa shape index (κ2) is 7.99. The normalized spacial score (nSPS) is 28.2. The fourth-order valence-electron chi connectivity index (χ4n) is 3.53. The van der Waals surface area contributed by atoms with Gasteiger partial charge in [0.25, 0.3) is 0 Å². The lowest BCUT2D eigenvalue weighted by Crippen LogP contribution is -2.50. The summed E-state index contributed by atoms with van der Waals surface area (Å²) in [5.41, 5.74) is 0. The van der Waals surface area contributed by atoms with Crippen LogP contribution in [0.2, 0.25) is 0 Å². The summed E-state index contributed by atoms with van der Waals surface area (Å²) in [6, 6.07) is 0.565. The van der Waals surface area contributed by atoms with E-state index in [-0.39, 0.29) is 6.42 Å². The van der Waals surface area contributed by atoms with Crippen molar-refractivity contribution in [2.75, 3.05) is 26.2 Å². The van der Waals surface area contributed by atoms with Crippen LogP contribution in [0.15, 0.2) is 0 Å². The summed E-state index contributed by atoms with van der Waals surface area (Å²) in [6.45, 7) is 6.23. The molecule has 1 aliphatic carbocycles. The highest BCUT2D eigenvalue weighted by Gasteiger charge is 2.27. The van der Waals surface area contributed by atoms with E-state index < -0.39 is 5.97 Å². The molecule has 2 atom stereocenters. The van der Waals surface area contributed by atoms with E-state index in [1.54, 1.807) is 0 Å². The van der Waals surface area contributed by atoms with Crippen LogP contribution in [0.1, 0.15) is 51.9 Å². The Morgan fingerprint density at radius 3 is 2.70 bits per heavy atom. The van der Waals surface area contributed by atoms with Crippen molar-refractivity contribution >= 4 is 5.97 Å². The van der Waals surface area contributed by atoms with E-state index in [1.807, 2.05) is 0 Å². The van der Waals surface area contributed by atoms with Crippen LogP contribution >= 0.6 is 0 Å². The topological polar surface area (TPSA) is 52.6 Å². The van der Waals surface area contributed by atoms with Crippen LogP contribution in [0, 0.1) is 11.8 Å². The first kappa shape index (κ1) is 15.8. The lowest BCUT2D eigenvalue weighted by molar-refractivity contribution is -0.137. The van der Waals surface area contributed by atoms with Crippen molar-refractivity contribution < 1.29 is 9.90 Å². The number of carbonyl (C=O) groups is 1. The van der Waals surface area contributed by atoms with E-state index >= 15 is 0 Å². The van der Waals surface area contributed by atoms with Gasteiger partial charge in [-0.3, -0.25) is 4.79 Å². The minimum atomic E-state index is -0.679. The minimum Gasteiger partial charge on any atom is -0.481 e. The number of carboxylic acids is 1. The number of carboxylic acid groups (broad SMARTS) is 1. The van der Waals surface area contributed by atoms with Crippen LogP contribution in [0.3, 0.4) is 0 Å². The van der Waals surface area contributed by atoms with Crippen molar-refractivity contribution in [1.29, 1.82) is 0 Å². The highest BCUT2D eigenvalue weighted by molar-refractivity contribution is 5.66. The minimum absolute atomic E-state index is 0.272. The molecule has 2 N–H and O–H groups in total. The Morgan fingerprint density at radius 2 is 2.10 bits per heavy atom. The number of hydrogen-bond acceptors (Lipinski definition) is 3. The van der Waals surface area contributed by atoms with E-state index in [4.69, 9.17) is 5.11 Å². The van der Waals surface area contributed by atoms with Crippen LogP contribution in [-0.2, 0) is 4.79 Å². The molecule has 0 aromatic rings. The van der Waals surface area contributed by atoms with Crippen LogP contribution in [0.25, 0.3) is 0 Å². The van der Waals surface area contributed by atoms with Gasteiger partial charge in [0.15, 0.2) is 0 Å². The van der Waals surface area contributed by atoms with E-state index in [1.165, 1.54) is 38.5 Å². The summed E-state index contributed by atoms with van der Waals surface area (Å²) in [5, 5.41) is 12.6. The molecule has 0 spiro atoms. The fourth-order valence-corrected chi connectivity index (χ4v) is 3.53.